The minimum atomic E-state index is -0.831. The van der Waals surface area contributed by atoms with E-state index in [2.05, 4.69) is 4.98 Å². The minimum absolute atomic E-state index is 0.226. The first-order chi connectivity index (χ1) is 20.2. The summed E-state index contributed by atoms with van der Waals surface area (Å²) in [6.07, 6.45) is 0. The van der Waals surface area contributed by atoms with E-state index >= 15 is 0 Å². The standard InChI is InChI=1S/C30H22Cl2N2O6S2/c1-2-39-29(37)16-5-10-19(11-6-16)34-27(35)23-22(24-26(33-30(38)42-24)41-25(23)28(34)36)20-13-18(32)9-12-21(20)40-14-15-3-7-17(31)8-4-15/h3-13,22-23,25H,2,14H2,1H3,(H,33,38). The molecule has 1 aromatic heterocycles. The van der Waals surface area contributed by atoms with Gasteiger partial charge in [0.25, 0.3) is 0 Å². The summed E-state index contributed by atoms with van der Waals surface area (Å²) in [6.45, 7) is 2.17. The van der Waals surface area contributed by atoms with Crippen LogP contribution in [-0.4, -0.2) is 34.6 Å². The van der Waals surface area contributed by atoms with Gasteiger partial charge >= 0.3 is 10.8 Å². The molecule has 3 unspecified atom stereocenters. The number of aromatic amines is 1. The van der Waals surface area contributed by atoms with E-state index in [-0.39, 0.29) is 18.1 Å². The number of hydrogen-bond acceptors (Lipinski definition) is 8. The number of imide groups is 1. The predicted octanol–water partition coefficient (Wildman–Crippen LogP) is 6.29. The Morgan fingerprint density at radius 2 is 1.67 bits per heavy atom. The number of thioether (sulfide) groups is 1. The molecule has 1 fully saturated rings. The van der Waals surface area contributed by atoms with Gasteiger partial charge in [0.05, 0.1) is 28.8 Å². The smallest absolute Gasteiger partial charge is 0.338 e. The molecule has 214 valence electrons. The van der Waals surface area contributed by atoms with Crippen LogP contribution in [0, 0.1) is 5.92 Å². The van der Waals surface area contributed by atoms with Crippen molar-refractivity contribution in [3.8, 4) is 5.75 Å². The summed E-state index contributed by atoms with van der Waals surface area (Å²) < 4.78 is 11.3. The molecular formula is C30H22Cl2N2O6S2. The van der Waals surface area contributed by atoms with Crippen LogP contribution in [0.15, 0.2) is 76.6 Å². The van der Waals surface area contributed by atoms with Gasteiger partial charge in [0, 0.05) is 26.4 Å². The summed E-state index contributed by atoms with van der Waals surface area (Å²) in [4.78, 5) is 56.9. The van der Waals surface area contributed by atoms with Gasteiger partial charge in [-0.15, -0.1) is 0 Å². The Bertz CT molecular complexity index is 1750. The highest BCUT2D eigenvalue weighted by Crippen LogP contribution is 2.54. The van der Waals surface area contributed by atoms with Crippen LogP contribution in [0.1, 0.15) is 39.2 Å². The van der Waals surface area contributed by atoms with E-state index in [1.54, 1.807) is 49.4 Å². The highest BCUT2D eigenvalue weighted by atomic mass is 35.5. The predicted molar refractivity (Wildman–Crippen MR) is 162 cm³/mol. The summed E-state index contributed by atoms with van der Waals surface area (Å²) >= 11 is 14.7. The van der Waals surface area contributed by atoms with Crippen LogP contribution in [0.25, 0.3) is 0 Å². The third kappa shape index (κ3) is 5.24. The number of carbonyl (C=O) groups is 3. The van der Waals surface area contributed by atoms with Gasteiger partial charge in [-0.05, 0) is 67.1 Å². The van der Waals surface area contributed by atoms with E-state index in [1.807, 2.05) is 12.1 Å². The third-order valence-corrected chi connectivity index (χ3v) is 9.96. The average Bonchev–Trinajstić information content (AvgIpc) is 3.47. The fourth-order valence-corrected chi connectivity index (χ4v) is 8.02. The first-order valence-corrected chi connectivity index (χ1v) is 15.4. The van der Waals surface area contributed by atoms with Gasteiger partial charge in [-0.3, -0.25) is 14.4 Å². The molecule has 0 radical (unpaired) electrons. The van der Waals surface area contributed by atoms with Gasteiger partial charge in [-0.1, -0.05) is 58.4 Å². The highest BCUT2D eigenvalue weighted by Gasteiger charge is 2.56. The fraction of sp³-hybridized carbons (Fsp3) is 0.200. The lowest BCUT2D eigenvalue weighted by Crippen LogP contribution is -2.32. The van der Waals surface area contributed by atoms with Gasteiger partial charge in [0.15, 0.2) is 0 Å². The van der Waals surface area contributed by atoms with Gasteiger partial charge < -0.3 is 14.5 Å². The molecule has 0 spiro atoms. The first kappa shape index (κ1) is 28.5. The largest absolute Gasteiger partial charge is 0.489 e. The maximum Gasteiger partial charge on any atom is 0.338 e. The topological polar surface area (TPSA) is 106 Å². The summed E-state index contributed by atoms with van der Waals surface area (Å²) in [5.74, 6) is -2.34. The van der Waals surface area contributed by atoms with Crippen LogP contribution in [0.2, 0.25) is 10.0 Å². The van der Waals surface area contributed by atoms with Gasteiger partial charge in [-0.2, -0.15) is 0 Å². The van der Waals surface area contributed by atoms with Gasteiger partial charge in [0.1, 0.15) is 17.6 Å². The number of halogens is 2. The van der Waals surface area contributed by atoms with Crippen molar-refractivity contribution in [1.29, 1.82) is 0 Å². The monoisotopic (exact) mass is 640 g/mol. The second kappa shape index (κ2) is 11.6. The number of amides is 2. The number of esters is 1. The zero-order valence-electron chi connectivity index (χ0n) is 22.0. The van der Waals surface area contributed by atoms with Crippen LogP contribution in [-0.2, 0) is 20.9 Å². The number of anilines is 1. The lowest BCUT2D eigenvalue weighted by atomic mass is 9.82. The number of nitrogens with one attached hydrogen (secondary N) is 1. The number of thiazole rings is 1. The summed E-state index contributed by atoms with van der Waals surface area (Å²) in [6, 6.07) is 18.5. The SMILES string of the molecule is CCOC(=O)c1ccc(N2C(=O)C3Sc4[nH]c(=O)sc4C(c4cc(Cl)ccc4OCc4ccc(Cl)cc4)C3C2=O)cc1. The Morgan fingerprint density at radius 3 is 2.38 bits per heavy atom. The van der Waals surface area contributed by atoms with Crippen molar-refractivity contribution >= 4 is 69.8 Å². The van der Waals surface area contributed by atoms with Crippen molar-refractivity contribution in [1.82, 2.24) is 4.98 Å². The lowest BCUT2D eigenvalue weighted by Gasteiger charge is -2.31. The van der Waals surface area contributed by atoms with Gasteiger partial charge in [-0.25, -0.2) is 9.69 Å². The van der Waals surface area contributed by atoms with Gasteiger partial charge in [0.2, 0.25) is 11.8 Å². The quantitative estimate of drug-likeness (QED) is 0.187. The van der Waals surface area contributed by atoms with Crippen molar-refractivity contribution in [3.63, 3.8) is 0 Å². The molecule has 0 aliphatic carbocycles. The molecule has 1 saturated heterocycles. The molecule has 3 aromatic carbocycles. The van der Waals surface area contributed by atoms with Crippen molar-refractivity contribution in [2.24, 2.45) is 5.92 Å². The number of carbonyl (C=O) groups excluding carboxylic acids is 3. The van der Waals surface area contributed by atoms with Crippen molar-refractivity contribution in [3.05, 3.63) is 108 Å². The zero-order chi connectivity index (χ0) is 29.5. The molecule has 2 aliphatic heterocycles. The minimum Gasteiger partial charge on any atom is -0.489 e. The highest BCUT2D eigenvalue weighted by molar-refractivity contribution is 8.00. The molecule has 2 aliphatic rings. The number of hydrogen-bond donors (Lipinski definition) is 1. The van der Waals surface area contributed by atoms with E-state index in [4.69, 9.17) is 32.7 Å². The van der Waals surface area contributed by atoms with E-state index in [1.165, 1.54) is 23.9 Å². The summed E-state index contributed by atoms with van der Waals surface area (Å²) in [5.41, 5.74) is 2.14. The van der Waals surface area contributed by atoms with Crippen LogP contribution in [0.4, 0.5) is 5.69 Å². The number of fused-ring (bicyclic) bond motifs is 2. The number of H-pyrrole nitrogens is 1. The van der Waals surface area contributed by atoms with Crippen LogP contribution in [0.5, 0.6) is 5.75 Å². The fourth-order valence-electron chi connectivity index (χ4n) is 5.20. The maximum absolute atomic E-state index is 14.1. The third-order valence-electron chi connectivity index (χ3n) is 7.08. The second-order valence-electron chi connectivity index (χ2n) is 9.63. The van der Waals surface area contributed by atoms with Crippen LogP contribution < -0.4 is 14.5 Å². The van der Waals surface area contributed by atoms with E-state index in [0.29, 0.717) is 42.5 Å². The Morgan fingerprint density at radius 1 is 0.952 bits per heavy atom. The first-order valence-electron chi connectivity index (χ1n) is 13.0. The average molecular weight is 642 g/mol. The molecule has 4 aromatic rings. The molecule has 8 nitrogen and oxygen atoms in total. The van der Waals surface area contributed by atoms with E-state index in [9.17, 15) is 19.2 Å². The second-order valence-corrected chi connectivity index (χ2v) is 12.7. The molecule has 12 heteroatoms. The Hall–Kier alpha value is -3.57. The summed E-state index contributed by atoms with van der Waals surface area (Å²) in [7, 11) is 0. The number of benzene rings is 3. The number of nitrogens with zero attached hydrogens (tertiary/aromatic N) is 1. The molecule has 3 atom stereocenters. The molecule has 3 heterocycles. The maximum atomic E-state index is 14.1. The Labute approximate surface area is 258 Å². The molecule has 0 saturated carbocycles. The van der Waals surface area contributed by atoms with Crippen LogP contribution in [0.3, 0.4) is 0 Å². The molecule has 1 N–H and O–H groups in total. The van der Waals surface area contributed by atoms with Crippen molar-refractivity contribution in [2.45, 2.75) is 29.7 Å². The number of rotatable bonds is 7. The molecule has 6 rings (SSSR count). The van der Waals surface area contributed by atoms with Crippen molar-refractivity contribution in [2.75, 3.05) is 11.5 Å². The Kier molecular flexibility index (Phi) is 7.89. The zero-order valence-corrected chi connectivity index (χ0v) is 25.1. The Balaban J connectivity index is 1.39. The molecule has 42 heavy (non-hydrogen) atoms. The van der Waals surface area contributed by atoms with Crippen molar-refractivity contribution < 1.29 is 23.9 Å². The molecule has 2 amide bonds. The van der Waals surface area contributed by atoms with E-state index in [0.717, 1.165) is 21.8 Å². The van der Waals surface area contributed by atoms with Crippen LogP contribution >= 0.6 is 46.3 Å². The molecule has 0 bridgehead atoms. The lowest BCUT2D eigenvalue weighted by molar-refractivity contribution is -0.122. The number of ether oxygens (including phenoxy) is 2. The number of aromatic nitrogens is 1. The van der Waals surface area contributed by atoms with E-state index < -0.39 is 34.9 Å². The molecular weight excluding hydrogens is 619 g/mol. The summed E-state index contributed by atoms with van der Waals surface area (Å²) in [5, 5.41) is 0.774. The normalized spacial score (nSPS) is 19.4.